The first-order valence-electron chi connectivity index (χ1n) is 6.16. The number of nitrogens with zero attached hydrogens (tertiary/aromatic N) is 1. The number of aliphatic hydroxyl groups excluding tert-OH is 1. The molecular formula is C14H13ClF3NO. The van der Waals surface area contributed by atoms with Crippen LogP contribution in [0.15, 0.2) is 30.5 Å². The van der Waals surface area contributed by atoms with Gasteiger partial charge in [0.05, 0.1) is 11.6 Å². The van der Waals surface area contributed by atoms with Crippen molar-refractivity contribution in [3.63, 3.8) is 0 Å². The lowest BCUT2D eigenvalue weighted by Crippen LogP contribution is -2.08. The van der Waals surface area contributed by atoms with E-state index in [1.54, 1.807) is 30.5 Å². The maximum Gasteiger partial charge on any atom is 0.389 e. The topological polar surface area (TPSA) is 33.1 Å². The number of alkyl halides is 3. The van der Waals surface area contributed by atoms with Crippen LogP contribution in [0.2, 0.25) is 5.02 Å². The normalized spacial score (nSPS) is 13.7. The van der Waals surface area contributed by atoms with E-state index in [1.165, 1.54) is 0 Å². The lowest BCUT2D eigenvalue weighted by molar-refractivity contribution is -0.136. The second-order valence-electron chi connectivity index (χ2n) is 4.56. The highest BCUT2D eigenvalue weighted by atomic mass is 35.5. The first-order valence-corrected chi connectivity index (χ1v) is 6.54. The van der Waals surface area contributed by atoms with Gasteiger partial charge in [-0.1, -0.05) is 17.7 Å². The van der Waals surface area contributed by atoms with E-state index in [4.69, 9.17) is 11.6 Å². The van der Waals surface area contributed by atoms with Gasteiger partial charge in [0, 0.05) is 28.6 Å². The number of halogens is 4. The second kappa shape index (κ2) is 5.97. The Balaban J connectivity index is 2.18. The van der Waals surface area contributed by atoms with Crippen molar-refractivity contribution in [3.8, 4) is 0 Å². The zero-order valence-corrected chi connectivity index (χ0v) is 11.2. The molecule has 0 spiro atoms. The highest BCUT2D eigenvalue weighted by Crippen LogP contribution is 2.31. The van der Waals surface area contributed by atoms with E-state index in [1.807, 2.05) is 0 Å². The monoisotopic (exact) mass is 303 g/mol. The quantitative estimate of drug-likeness (QED) is 0.891. The van der Waals surface area contributed by atoms with Crippen molar-refractivity contribution in [1.82, 2.24) is 4.98 Å². The van der Waals surface area contributed by atoms with Crippen molar-refractivity contribution >= 4 is 22.5 Å². The van der Waals surface area contributed by atoms with Gasteiger partial charge in [0.2, 0.25) is 0 Å². The summed E-state index contributed by atoms with van der Waals surface area (Å²) in [5, 5.41) is 11.2. The summed E-state index contributed by atoms with van der Waals surface area (Å²) in [6, 6.07) is 6.70. The zero-order chi connectivity index (χ0) is 14.8. The number of fused-ring (bicyclic) bond motifs is 1. The van der Waals surface area contributed by atoms with E-state index in [0.717, 1.165) is 0 Å². The molecule has 0 amide bonds. The van der Waals surface area contributed by atoms with Gasteiger partial charge in [-0.05, 0) is 31.0 Å². The molecule has 2 rings (SSSR count). The molecule has 0 radical (unpaired) electrons. The number of aromatic nitrogens is 1. The molecule has 1 atom stereocenters. The smallest absolute Gasteiger partial charge is 0.388 e. The van der Waals surface area contributed by atoms with E-state index in [2.05, 4.69) is 4.98 Å². The lowest BCUT2D eigenvalue weighted by Gasteiger charge is -2.14. The summed E-state index contributed by atoms with van der Waals surface area (Å²) in [5.74, 6) is 0. The number of benzene rings is 1. The summed E-state index contributed by atoms with van der Waals surface area (Å²) in [7, 11) is 0. The Morgan fingerprint density at radius 3 is 2.70 bits per heavy atom. The minimum Gasteiger partial charge on any atom is -0.388 e. The fourth-order valence-corrected chi connectivity index (χ4v) is 2.30. The van der Waals surface area contributed by atoms with Crippen LogP contribution in [0.1, 0.15) is 30.9 Å². The highest BCUT2D eigenvalue weighted by Gasteiger charge is 2.27. The van der Waals surface area contributed by atoms with Gasteiger partial charge >= 0.3 is 6.18 Å². The molecule has 20 heavy (non-hydrogen) atoms. The van der Waals surface area contributed by atoms with Crippen molar-refractivity contribution in [2.45, 2.75) is 31.5 Å². The number of hydrogen-bond donors (Lipinski definition) is 1. The molecule has 0 aliphatic rings. The van der Waals surface area contributed by atoms with Crippen LogP contribution in [0.5, 0.6) is 0 Å². The van der Waals surface area contributed by atoms with Crippen LogP contribution < -0.4 is 0 Å². The predicted molar refractivity (Wildman–Crippen MR) is 71.6 cm³/mol. The first-order chi connectivity index (χ1) is 9.38. The van der Waals surface area contributed by atoms with E-state index >= 15 is 0 Å². The maximum atomic E-state index is 12.1. The number of rotatable bonds is 4. The van der Waals surface area contributed by atoms with Gasteiger partial charge in [0.15, 0.2) is 0 Å². The fraction of sp³-hybridized carbons (Fsp3) is 0.357. The van der Waals surface area contributed by atoms with E-state index in [-0.39, 0.29) is 12.8 Å². The summed E-state index contributed by atoms with van der Waals surface area (Å²) in [4.78, 5) is 4.15. The average molecular weight is 304 g/mol. The van der Waals surface area contributed by atoms with Gasteiger partial charge < -0.3 is 5.11 Å². The molecule has 2 nitrogen and oxygen atoms in total. The molecule has 1 aromatic carbocycles. The van der Waals surface area contributed by atoms with Crippen molar-refractivity contribution in [2.75, 3.05) is 0 Å². The van der Waals surface area contributed by atoms with Crippen LogP contribution in [-0.2, 0) is 0 Å². The van der Waals surface area contributed by atoms with Crippen LogP contribution >= 0.6 is 11.6 Å². The van der Waals surface area contributed by atoms with Crippen LogP contribution in [0.25, 0.3) is 10.9 Å². The molecule has 0 aliphatic heterocycles. The largest absolute Gasteiger partial charge is 0.389 e. The molecule has 0 aliphatic carbocycles. The van der Waals surface area contributed by atoms with Crippen LogP contribution in [-0.4, -0.2) is 16.3 Å². The Kier molecular flexibility index (Phi) is 4.50. The molecule has 0 saturated carbocycles. The van der Waals surface area contributed by atoms with Crippen LogP contribution in [0, 0.1) is 0 Å². The molecule has 1 N–H and O–H groups in total. The lowest BCUT2D eigenvalue weighted by atomic mass is 10.0. The van der Waals surface area contributed by atoms with Crippen molar-refractivity contribution in [2.24, 2.45) is 0 Å². The van der Waals surface area contributed by atoms with Crippen molar-refractivity contribution < 1.29 is 18.3 Å². The summed E-state index contributed by atoms with van der Waals surface area (Å²) in [6.07, 6.45) is -4.60. The molecule has 0 bridgehead atoms. The highest BCUT2D eigenvalue weighted by molar-refractivity contribution is 6.35. The minimum atomic E-state index is -4.19. The molecule has 0 saturated heterocycles. The number of aliphatic hydroxyl groups is 1. The third kappa shape index (κ3) is 3.61. The SMILES string of the molecule is OC(CCCC(F)(F)F)c1ccc(Cl)c2cccnc12. The second-order valence-corrected chi connectivity index (χ2v) is 4.97. The molecular weight excluding hydrogens is 291 g/mol. The average Bonchev–Trinajstić information content (AvgIpc) is 2.38. The third-order valence-corrected chi connectivity index (χ3v) is 3.37. The molecule has 108 valence electrons. The van der Waals surface area contributed by atoms with E-state index in [0.29, 0.717) is 21.5 Å². The third-order valence-electron chi connectivity index (χ3n) is 3.04. The molecule has 1 aromatic heterocycles. The zero-order valence-electron chi connectivity index (χ0n) is 10.5. The molecule has 6 heteroatoms. The van der Waals surface area contributed by atoms with Crippen molar-refractivity contribution in [1.29, 1.82) is 0 Å². The van der Waals surface area contributed by atoms with E-state index < -0.39 is 18.7 Å². The van der Waals surface area contributed by atoms with Gasteiger partial charge in [-0.2, -0.15) is 13.2 Å². The summed E-state index contributed by atoms with van der Waals surface area (Å²) in [6.45, 7) is 0. The number of pyridine rings is 1. The summed E-state index contributed by atoms with van der Waals surface area (Å²) in [5.41, 5.74) is 1.03. The maximum absolute atomic E-state index is 12.1. The van der Waals surface area contributed by atoms with Crippen LogP contribution in [0.3, 0.4) is 0 Å². The van der Waals surface area contributed by atoms with Gasteiger partial charge in [-0.3, -0.25) is 4.98 Å². The van der Waals surface area contributed by atoms with Gasteiger partial charge in [0.1, 0.15) is 0 Å². The molecule has 0 fully saturated rings. The Bertz CT molecular complexity index is 600. The van der Waals surface area contributed by atoms with Gasteiger partial charge in [-0.25, -0.2) is 0 Å². The van der Waals surface area contributed by atoms with Crippen LogP contribution in [0.4, 0.5) is 13.2 Å². The Morgan fingerprint density at radius 1 is 1.25 bits per heavy atom. The fourth-order valence-electron chi connectivity index (χ4n) is 2.08. The van der Waals surface area contributed by atoms with E-state index in [9.17, 15) is 18.3 Å². The standard InChI is InChI=1S/C14H13ClF3NO/c15-11-6-5-10(13-9(11)3-2-8-19-13)12(20)4-1-7-14(16,17)18/h2-3,5-6,8,12,20H,1,4,7H2. The first kappa shape index (κ1) is 15.1. The van der Waals surface area contributed by atoms with Gasteiger partial charge in [-0.15, -0.1) is 0 Å². The summed E-state index contributed by atoms with van der Waals surface area (Å²) >= 11 is 6.03. The van der Waals surface area contributed by atoms with Gasteiger partial charge in [0.25, 0.3) is 0 Å². The van der Waals surface area contributed by atoms with Crippen molar-refractivity contribution in [3.05, 3.63) is 41.0 Å². The molecule has 1 unspecified atom stereocenters. The summed E-state index contributed by atoms with van der Waals surface area (Å²) < 4.78 is 36.3. The minimum absolute atomic E-state index is 0.0345. The predicted octanol–water partition coefficient (Wildman–Crippen LogP) is 4.65. The molecule has 1 heterocycles. The number of hydrogen-bond acceptors (Lipinski definition) is 2. The Morgan fingerprint density at radius 2 is 2.00 bits per heavy atom. The molecule has 2 aromatic rings. The Hall–Kier alpha value is -1.33. The Labute approximate surface area is 119 Å².